The summed E-state index contributed by atoms with van der Waals surface area (Å²) in [6.45, 7) is 10.2. The molecule has 2 amide bonds. The van der Waals surface area contributed by atoms with Crippen molar-refractivity contribution in [3.05, 3.63) is 28.2 Å². The van der Waals surface area contributed by atoms with Gasteiger partial charge in [0.05, 0.1) is 15.7 Å². The van der Waals surface area contributed by atoms with Crippen LogP contribution in [0.25, 0.3) is 0 Å². The lowest BCUT2D eigenvalue weighted by atomic mass is 9.43. The molecule has 1 aliphatic heterocycles. The van der Waals surface area contributed by atoms with Crippen LogP contribution >= 0.6 is 48.0 Å². The highest BCUT2D eigenvalue weighted by Crippen LogP contribution is 2.65. The first-order chi connectivity index (χ1) is 19.3. The Hall–Kier alpha value is -0.630. The zero-order valence-corrected chi connectivity index (χ0v) is 29.8. The lowest BCUT2D eigenvalue weighted by Gasteiger charge is -2.64. The summed E-state index contributed by atoms with van der Waals surface area (Å²) >= 11 is 12.5. The average Bonchev–Trinajstić information content (AvgIpc) is 2.88. The highest BCUT2D eigenvalue weighted by Gasteiger charge is 2.58. The standard InChI is InChI=1S/C21H32Cl2N4O.C12H21N.2ClH/c1-25(2)21(28)24-17-8-6-16(7-9-17)10-11-26-12-14-27(15-13-26)19-5-3-4-18(22)20(19)23;1-10-3-9-4-11(2,6-10)8-12(13,5-9)7-10;;/h3-5,16-17H,6-15H2,1-2H3,(H,24,28);9H,3-8,13H2,1-2H3;2*1H/t;9?,10-,11+,12?;;. The molecule has 1 saturated heterocycles. The van der Waals surface area contributed by atoms with Crippen LogP contribution in [0.1, 0.15) is 84.5 Å². The fourth-order valence-electron chi connectivity index (χ4n) is 9.75. The maximum Gasteiger partial charge on any atom is 0.317 e. The van der Waals surface area contributed by atoms with Gasteiger partial charge in [0, 0.05) is 51.9 Å². The van der Waals surface area contributed by atoms with Gasteiger partial charge < -0.3 is 20.9 Å². The van der Waals surface area contributed by atoms with E-state index in [-0.39, 0.29) is 36.4 Å². The Balaban J connectivity index is 0.000000281. The molecule has 4 bridgehead atoms. The molecule has 0 radical (unpaired) electrons. The molecule has 246 valence electrons. The number of urea groups is 1. The summed E-state index contributed by atoms with van der Waals surface area (Å²) in [7, 11) is 3.59. The lowest BCUT2D eigenvalue weighted by Crippen LogP contribution is -2.62. The van der Waals surface area contributed by atoms with E-state index in [0.717, 1.165) is 63.1 Å². The van der Waals surface area contributed by atoms with Gasteiger partial charge in [-0.15, -0.1) is 24.8 Å². The highest BCUT2D eigenvalue weighted by molar-refractivity contribution is 6.43. The lowest BCUT2D eigenvalue weighted by molar-refractivity contribution is -0.104. The van der Waals surface area contributed by atoms with Crippen LogP contribution in [0.15, 0.2) is 18.2 Å². The molecule has 3 N–H and O–H groups in total. The van der Waals surface area contributed by atoms with Crippen molar-refractivity contribution in [3.8, 4) is 0 Å². The van der Waals surface area contributed by atoms with E-state index in [4.69, 9.17) is 28.9 Å². The average molecular weight is 680 g/mol. The maximum atomic E-state index is 11.8. The zero-order chi connectivity index (χ0) is 29.4. The molecule has 5 aliphatic carbocycles. The smallest absolute Gasteiger partial charge is 0.317 e. The molecule has 0 aromatic heterocycles. The molecule has 43 heavy (non-hydrogen) atoms. The fraction of sp³-hybridized carbons (Fsp3) is 0.788. The van der Waals surface area contributed by atoms with E-state index in [9.17, 15) is 4.79 Å². The van der Waals surface area contributed by atoms with Crippen LogP contribution in [-0.2, 0) is 0 Å². The van der Waals surface area contributed by atoms with Gasteiger partial charge in [-0.1, -0.05) is 43.1 Å². The third-order valence-corrected chi connectivity index (χ3v) is 11.6. The van der Waals surface area contributed by atoms with Crippen molar-refractivity contribution < 1.29 is 4.79 Å². The van der Waals surface area contributed by atoms with Gasteiger partial charge in [0.25, 0.3) is 0 Å². The number of nitrogens with two attached hydrogens (primary N) is 1. The van der Waals surface area contributed by atoms with Crippen molar-refractivity contribution in [2.45, 2.75) is 96.1 Å². The molecule has 2 unspecified atom stereocenters. The largest absolute Gasteiger partial charge is 0.368 e. The SMILES string of the molecule is CN(C)C(=O)NC1CCC(CCN2CCN(c3cccc(Cl)c3Cl)CC2)CC1.C[C@]12CC3CC(N)(C1)C[C@@](C)(C3)C2.Cl.Cl. The van der Waals surface area contributed by atoms with E-state index in [1.54, 1.807) is 19.0 Å². The van der Waals surface area contributed by atoms with Crippen LogP contribution in [0.4, 0.5) is 10.5 Å². The van der Waals surface area contributed by atoms with E-state index in [2.05, 4.69) is 35.0 Å². The van der Waals surface area contributed by atoms with E-state index in [1.807, 2.05) is 12.1 Å². The Labute approximate surface area is 283 Å². The topological polar surface area (TPSA) is 64.8 Å². The number of anilines is 1. The number of nitrogens with one attached hydrogen (secondary N) is 1. The summed E-state index contributed by atoms with van der Waals surface area (Å²) in [5, 5.41) is 4.41. The summed E-state index contributed by atoms with van der Waals surface area (Å²) in [6, 6.07) is 6.23. The highest BCUT2D eigenvalue weighted by atomic mass is 35.5. The molecule has 4 atom stereocenters. The van der Waals surface area contributed by atoms with Gasteiger partial charge in [0.15, 0.2) is 0 Å². The van der Waals surface area contributed by atoms with Gasteiger partial charge in [-0.2, -0.15) is 0 Å². The van der Waals surface area contributed by atoms with Gasteiger partial charge in [-0.25, -0.2) is 4.79 Å². The number of benzene rings is 1. The van der Waals surface area contributed by atoms with Crippen molar-refractivity contribution in [2.24, 2.45) is 28.4 Å². The van der Waals surface area contributed by atoms with Gasteiger partial charge in [0.1, 0.15) is 0 Å². The molecule has 6 nitrogen and oxygen atoms in total. The van der Waals surface area contributed by atoms with E-state index in [0.29, 0.717) is 26.9 Å². The number of piperazine rings is 1. The third kappa shape index (κ3) is 9.23. The number of hydrogen-bond donors (Lipinski definition) is 2. The molecule has 7 rings (SSSR count). The number of hydrogen-bond acceptors (Lipinski definition) is 4. The van der Waals surface area contributed by atoms with Crippen molar-refractivity contribution in [1.29, 1.82) is 0 Å². The monoisotopic (exact) mass is 677 g/mol. The second-order valence-corrected chi connectivity index (χ2v) is 16.0. The number of rotatable bonds is 5. The molecule has 5 saturated carbocycles. The number of carbonyl (C=O) groups is 1. The minimum atomic E-state index is 0. The van der Waals surface area contributed by atoms with Gasteiger partial charge in [0.2, 0.25) is 0 Å². The third-order valence-electron chi connectivity index (χ3n) is 10.7. The first-order valence-corrected chi connectivity index (χ1v) is 16.8. The van der Waals surface area contributed by atoms with Crippen molar-refractivity contribution >= 4 is 59.7 Å². The van der Waals surface area contributed by atoms with Crippen LogP contribution in [0, 0.1) is 22.7 Å². The van der Waals surface area contributed by atoms with E-state index >= 15 is 0 Å². The predicted molar refractivity (Wildman–Crippen MR) is 187 cm³/mol. The molecular formula is C33H55Cl4N5O. The molecule has 1 aromatic rings. The Kier molecular flexibility index (Phi) is 12.7. The predicted octanol–water partition coefficient (Wildman–Crippen LogP) is 7.87. The second kappa shape index (κ2) is 14.9. The molecule has 10 heteroatoms. The fourth-order valence-corrected chi connectivity index (χ4v) is 10.2. The van der Waals surface area contributed by atoms with Crippen LogP contribution in [0.3, 0.4) is 0 Å². The van der Waals surface area contributed by atoms with Gasteiger partial charge in [-0.05, 0) is 112 Å². The summed E-state index contributed by atoms with van der Waals surface area (Å²) in [4.78, 5) is 18.3. The number of carbonyl (C=O) groups excluding carboxylic acids is 1. The van der Waals surface area contributed by atoms with Crippen molar-refractivity contribution in [2.75, 3.05) is 51.7 Å². The molecule has 6 fully saturated rings. The number of nitrogens with zero attached hydrogens (tertiary/aromatic N) is 3. The van der Waals surface area contributed by atoms with Gasteiger partial charge in [-0.3, -0.25) is 4.90 Å². The van der Waals surface area contributed by atoms with Crippen molar-refractivity contribution in [1.82, 2.24) is 15.1 Å². The summed E-state index contributed by atoms with van der Waals surface area (Å²) in [5.41, 5.74) is 8.96. The molecule has 0 spiro atoms. The first kappa shape index (κ1) is 36.8. The minimum Gasteiger partial charge on any atom is -0.368 e. The number of amides is 2. The Morgan fingerprint density at radius 3 is 2.09 bits per heavy atom. The van der Waals surface area contributed by atoms with Crippen LogP contribution in [0.2, 0.25) is 10.0 Å². The van der Waals surface area contributed by atoms with Crippen LogP contribution < -0.4 is 16.0 Å². The molecule has 1 aromatic carbocycles. The second-order valence-electron chi connectivity index (χ2n) is 15.2. The Morgan fingerprint density at radius 2 is 1.56 bits per heavy atom. The zero-order valence-electron chi connectivity index (χ0n) is 26.7. The molecular weight excluding hydrogens is 624 g/mol. The normalized spacial score (nSPS) is 34.8. The summed E-state index contributed by atoms with van der Waals surface area (Å²) in [6.07, 6.45) is 14.2. The van der Waals surface area contributed by atoms with Crippen molar-refractivity contribution in [3.63, 3.8) is 0 Å². The summed E-state index contributed by atoms with van der Waals surface area (Å²) in [5.74, 6) is 1.74. The Morgan fingerprint density at radius 1 is 0.953 bits per heavy atom. The summed E-state index contributed by atoms with van der Waals surface area (Å²) < 4.78 is 0. The van der Waals surface area contributed by atoms with Crippen LogP contribution in [-0.4, -0.2) is 74.2 Å². The first-order valence-electron chi connectivity index (χ1n) is 16.0. The maximum absolute atomic E-state index is 11.8. The quantitative estimate of drug-likeness (QED) is 0.333. The van der Waals surface area contributed by atoms with Gasteiger partial charge >= 0.3 is 6.03 Å². The minimum absolute atomic E-state index is 0. The van der Waals surface area contributed by atoms with Crippen LogP contribution in [0.5, 0.6) is 0 Å². The molecule has 6 aliphatic rings. The molecule has 1 heterocycles. The van der Waals surface area contributed by atoms with E-state index in [1.165, 1.54) is 57.8 Å². The number of halogens is 4. The van der Waals surface area contributed by atoms with E-state index < -0.39 is 0 Å². The Bertz CT molecular complexity index is 1020.